The van der Waals surface area contributed by atoms with Gasteiger partial charge in [0.1, 0.15) is 17.5 Å². The van der Waals surface area contributed by atoms with Gasteiger partial charge in [0.2, 0.25) is 5.95 Å². The molecule has 2 heterocycles. The van der Waals surface area contributed by atoms with Gasteiger partial charge in [-0.2, -0.15) is 18.2 Å². The molecule has 1 fully saturated rings. The van der Waals surface area contributed by atoms with Gasteiger partial charge < -0.3 is 34.9 Å². The van der Waals surface area contributed by atoms with Gasteiger partial charge in [-0.3, -0.25) is 9.26 Å². The predicted octanol–water partition coefficient (Wildman–Crippen LogP) is 7.24. The first kappa shape index (κ1) is 37.8. The lowest BCUT2D eigenvalue weighted by Gasteiger charge is -2.26. The molecule has 0 unspecified atom stereocenters. The number of rotatable bonds is 11. The number of nitrogens with zero attached hydrogens (tertiary/aromatic N) is 4. The highest BCUT2D eigenvalue weighted by molar-refractivity contribution is 7.75. The van der Waals surface area contributed by atoms with Gasteiger partial charge >= 0.3 is 18.3 Å². The Kier molecular flexibility index (Phi) is 12.5. The van der Waals surface area contributed by atoms with E-state index in [1.165, 1.54) is 30.5 Å². The summed E-state index contributed by atoms with van der Waals surface area (Å²) in [6, 6.07) is 10.4. The van der Waals surface area contributed by atoms with Gasteiger partial charge in [-0.05, 0) is 48.9 Å². The normalized spacial score (nSPS) is 14.0. The summed E-state index contributed by atoms with van der Waals surface area (Å²) < 4.78 is 94.8. The van der Waals surface area contributed by atoms with Gasteiger partial charge in [-0.15, -0.1) is 10.6 Å². The Morgan fingerprint density at radius 2 is 1.77 bits per heavy atom. The number of aromatic nitrogens is 2. The number of hydrogen-bond acceptors (Lipinski definition) is 11. The fourth-order valence-corrected chi connectivity index (χ4v) is 5.60. The van der Waals surface area contributed by atoms with E-state index in [-0.39, 0.29) is 23.1 Å². The number of benzene rings is 3. The molecule has 1 aliphatic rings. The second-order valence-corrected chi connectivity index (χ2v) is 12.1. The van der Waals surface area contributed by atoms with Crippen molar-refractivity contribution < 1.29 is 45.2 Å². The number of urea groups is 1. The monoisotopic (exact) mass is 747 g/mol. The predicted molar refractivity (Wildman–Crippen MR) is 183 cm³/mol. The minimum atomic E-state index is -4.77. The number of anilines is 5. The highest BCUT2D eigenvalue weighted by atomic mass is 32.2. The maximum Gasteiger partial charge on any atom is 0.416 e. The first-order chi connectivity index (χ1) is 24.9. The number of carbonyl (C=O) groups is 2. The van der Waals surface area contributed by atoms with Crippen molar-refractivity contribution in [3.8, 4) is 11.1 Å². The Morgan fingerprint density at radius 1 is 1.00 bits per heavy atom. The van der Waals surface area contributed by atoms with E-state index >= 15 is 4.39 Å². The highest BCUT2D eigenvalue weighted by Crippen LogP contribution is 2.33. The average Bonchev–Trinajstić information content (AvgIpc) is 3.10. The maximum atomic E-state index is 15.3. The molecule has 1 saturated heterocycles. The van der Waals surface area contributed by atoms with Crippen LogP contribution >= 0.6 is 0 Å². The van der Waals surface area contributed by atoms with Gasteiger partial charge in [0.25, 0.3) is 0 Å². The van der Waals surface area contributed by atoms with Crippen LogP contribution in [0.25, 0.3) is 11.1 Å². The van der Waals surface area contributed by atoms with Crippen molar-refractivity contribution in [2.24, 2.45) is 4.36 Å². The molecule has 3 aromatic carbocycles. The third kappa shape index (κ3) is 10.3. The number of ether oxygens (including phenoxy) is 2. The first-order valence-electron chi connectivity index (χ1n) is 15.7. The first-order valence-corrected chi connectivity index (χ1v) is 16.8. The standard InChI is InChI=1S/C33H32F5N8O5S/c1-2-51-32(48)45-52(49)23-5-3-4-22(18-23)41-30-40-19-24(29(44-30)39-10-11-46-12-14-50-15-13-46)20-6-9-27(26(35)16-20)42-31(47)43-28-17-21(33(36,37)38)7-8-25(28)34/h3-9,16-19H,2,10-15H2,1H3,(H2,42,43,47)(H2,39,40,41,44)/q-1. The van der Waals surface area contributed by atoms with Crippen molar-refractivity contribution in [2.45, 2.75) is 18.0 Å². The molecule has 0 radical (unpaired) electrons. The summed E-state index contributed by atoms with van der Waals surface area (Å²) in [6.45, 7) is 5.48. The summed E-state index contributed by atoms with van der Waals surface area (Å²) in [6.07, 6.45) is -4.29. The van der Waals surface area contributed by atoms with Crippen LogP contribution in [0.5, 0.6) is 0 Å². The second kappa shape index (κ2) is 17.2. The van der Waals surface area contributed by atoms with E-state index < -0.39 is 51.8 Å². The van der Waals surface area contributed by atoms with E-state index in [1.807, 2.05) is 5.32 Å². The van der Waals surface area contributed by atoms with E-state index in [1.54, 1.807) is 19.1 Å². The molecule has 52 heavy (non-hydrogen) atoms. The molecule has 5 rings (SSSR count). The third-order valence-electron chi connectivity index (χ3n) is 7.40. The van der Waals surface area contributed by atoms with Crippen LogP contribution in [0.4, 0.5) is 60.4 Å². The molecule has 4 N–H and O–H groups in total. The Hall–Kier alpha value is -5.40. The molecule has 0 bridgehead atoms. The maximum absolute atomic E-state index is 15.3. The zero-order chi connectivity index (χ0) is 37.3. The number of morpholine rings is 1. The van der Waals surface area contributed by atoms with E-state index in [0.717, 1.165) is 19.2 Å². The molecule has 13 nitrogen and oxygen atoms in total. The Labute approximate surface area is 296 Å². The summed E-state index contributed by atoms with van der Waals surface area (Å²) in [5.74, 6) is -1.57. The molecular weight excluding hydrogens is 715 g/mol. The van der Waals surface area contributed by atoms with Crippen LogP contribution in [0, 0.1) is 11.6 Å². The summed E-state index contributed by atoms with van der Waals surface area (Å²) >= 11 is 0. The quantitative estimate of drug-likeness (QED) is 0.0911. The minimum Gasteiger partial charge on any atom is -0.450 e. The van der Waals surface area contributed by atoms with E-state index in [4.69, 9.17) is 9.47 Å². The van der Waals surface area contributed by atoms with Crippen molar-refractivity contribution in [1.82, 2.24) is 14.9 Å². The SMILES string of the molecule is CCOC(=O)N=[S-](=O)c1cccc(Nc2ncc(-c3ccc(NC(=O)Nc4cc(C(F)(F)F)ccc4F)c(F)c3)c(NCCN3CCOCC3)n2)c1. The number of amides is 3. The van der Waals surface area contributed by atoms with Crippen LogP contribution in [-0.4, -0.2) is 73.0 Å². The number of nitrogens with one attached hydrogen (secondary N) is 4. The van der Waals surface area contributed by atoms with Crippen molar-refractivity contribution in [2.75, 3.05) is 67.3 Å². The van der Waals surface area contributed by atoms with Crippen LogP contribution in [0.3, 0.4) is 0 Å². The lowest BCUT2D eigenvalue weighted by atomic mass is 10.1. The molecule has 4 aromatic rings. The lowest BCUT2D eigenvalue weighted by Crippen LogP contribution is -2.39. The molecule has 276 valence electrons. The summed E-state index contributed by atoms with van der Waals surface area (Å²) in [4.78, 5) is 35.5. The Balaban J connectivity index is 1.35. The third-order valence-corrected chi connectivity index (χ3v) is 8.37. The van der Waals surface area contributed by atoms with Crippen molar-refractivity contribution in [3.63, 3.8) is 0 Å². The zero-order valence-corrected chi connectivity index (χ0v) is 28.2. The van der Waals surface area contributed by atoms with E-state index in [2.05, 4.69) is 35.2 Å². The summed E-state index contributed by atoms with van der Waals surface area (Å²) in [5.41, 5.74) is -1.12. The van der Waals surface area contributed by atoms with Crippen LogP contribution in [0.15, 0.2) is 76.1 Å². The zero-order valence-electron chi connectivity index (χ0n) is 27.4. The van der Waals surface area contributed by atoms with Gasteiger partial charge in [0, 0.05) is 43.6 Å². The Bertz CT molecular complexity index is 2010. The number of halogens is 5. The average molecular weight is 748 g/mol. The van der Waals surface area contributed by atoms with Crippen molar-refractivity contribution in [3.05, 3.63) is 84.1 Å². The van der Waals surface area contributed by atoms with Gasteiger partial charge in [0.15, 0.2) is 0 Å². The van der Waals surface area contributed by atoms with Crippen molar-refractivity contribution >= 4 is 51.5 Å². The molecule has 0 saturated carbocycles. The van der Waals surface area contributed by atoms with Crippen LogP contribution in [0.1, 0.15) is 12.5 Å². The molecule has 3 amide bonds. The lowest BCUT2D eigenvalue weighted by molar-refractivity contribution is -0.137. The largest absolute Gasteiger partial charge is 0.450 e. The number of hydrogen-bond donors (Lipinski definition) is 4. The van der Waals surface area contributed by atoms with Crippen LogP contribution in [0.2, 0.25) is 0 Å². The Morgan fingerprint density at radius 3 is 2.50 bits per heavy atom. The van der Waals surface area contributed by atoms with Crippen LogP contribution < -0.4 is 21.3 Å². The molecule has 0 spiro atoms. The second-order valence-electron chi connectivity index (χ2n) is 11.0. The molecule has 1 aliphatic heterocycles. The van der Waals surface area contributed by atoms with Gasteiger partial charge in [0.05, 0.1) is 36.8 Å². The molecule has 0 aliphatic carbocycles. The van der Waals surface area contributed by atoms with E-state index in [9.17, 15) is 31.4 Å². The number of alkyl halides is 3. The minimum absolute atomic E-state index is 0.0802. The van der Waals surface area contributed by atoms with E-state index in [0.29, 0.717) is 67.1 Å². The topological polar surface area (TPSA) is 159 Å². The van der Waals surface area contributed by atoms with Gasteiger partial charge in [-0.1, -0.05) is 29.2 Å². The molecule has 0 atom stereocenters. The summed E-state index contributed by atoms with van der Waals surface area (Å²) in [5, 5.41) is 10.4. The van der Waals surface area contributed by atoms with Crippen molar-refractivity contribution in [1.29, 1.82) is 0 Å². The molecule has 1 aromatic heterocycles. The summed E-state index contributed by atoms with van der Waals surface area (Å²) in [7, 11) is -2.03. The fraction of sp³-hybridized carbons (Fsp3) is 0.273. The number of carbonyl (C=O) groups excluding carboxylic acids is 2. The van der Waals surface area contributed by atoms with Crippen LogP contribution in [-0.2, 0) is 30.5 Å². The molecule has 19 heteroatoms. The van der Waals surface area contributed by atoms with Gasteiger partial charge in [-0.25, -0.2) is 23.4 Å². The smallest absolute Gasteiger partial charge is 0.416 e. The highest BCUT2D eigenvalue weighted by Gasteiger charge is 2.31. The fourth-order valence-electron chi connectivity index (χ4n) is 4.88. The molecular formula is C33H32F5N8O5S-.